The first kappa shape index (κ1) is 22.4. The third-order valence-corrected chi connectivity index (χ3v) is 3.97. The Bertz CT molecular complexity index is 421. The van der Waals surface area contributed by atoms with Crippen molar-refractivity contribution in [2.45, 2.75) is 85.0 Å². The molecular weight excluding hydrogens is 304 g/mol. The molecule has 0 spiro atoms. The highest BCUT2D eigenvalue weighted by molar-refractivity contribution is 5.89. The van der Waals surface area contributed by atoms with Crippen LogP contribution in [0.4, 0.5) is 0 Å². The quantitative estimate of drug-likeness (QED) is 0.198. The van der Waals surface area contributed by atoms with Crippen LogP contribution in [0.1, 0.15) is 85.0 Å². The first-order valence-corrected chi connectivity index (χ1v) is 9.24. The molecule has 4 heteroatoms. The topological polar surface area (TPSA) is 63.6 Å². The zero-order valence-corrected chi connectivity index (χ0v) is 15.6. The molecule has 0 bridgehead atoms. The Morgan fingerprint density at radius 2 is 1.25 bits per heavy atom. The van der Waals surface area contributed by atoms with Gasteiger partial charge in [0.1, 0.15) is 0 Å². The van der Waals surface area contributed by atoms with Crippen molar-refractivity contribution in [1.29, 1.82) is 0 Å². The van der Waals surface area contributed by atoms with Gasteiger partial charge in [-0.25, -0.2) is 9.59 Å². The van der Waals surface area contributed by atoms with Crippen LogP contribution in [0, 0.1) is 0 Å². The standard InChI is InChI=1S/C20H34O4/c1-4-5-6-7-8-9-10-11-12-13-16-24-20(23)18(3)15-14-17(2)19(21)22/h14-15H,4-13,16H2,1-3H3,(H,21,22). The maximum atomic E-state index is 11.7. The van der Waals surface area contributed by atoms with Gasteiger partial charge in [-0.05, 0) is 20.3 Å². The van der Waals surface area contributed by atoms with Crippen LogP contribution in [-0.2, 0) is 14.3 Å². The third kappa shape index (κ3) is 12.9. The first-order chi connectivity index (χ1) is 11.5. The summed E-state index contributed by atoms with van der Waals surface area (Å²) >= 11 is 0. The number of esters is 1. The Labute approximate surface area is 147 Å². The van der Waals surface area contributed by atoms with Crippen molar-refractivity contribution in [3.05, 3.63) is 23.3 Å². The number of allylic oxidation sites excluding steroid dienone is 2. The van der Waals surface area contributed by atoms with E-state index in [2.05, 4.69) is 6.92 Å². The summed E-state index contributed by atoms with van der Waals surface area (Å²) < 4.78 is 5.18. The summed E-state index contributed by atoms with van der Waals surface area (Å²) in [5.74, 6) is -1.36. The average Bonchev–Trinajstić information content (AvgIpc) is 2.56. The summed E-state index contributed by atoms with van der Waals surface area (Å²) in [7, 11) is 0. The van der Waals surface area contributed by atoms with Crippen LogP contribution in [0.25, 0.3) is 0 Å². The van der Waals surface area contributed by atoms with E-state index in [1.807, 2.05) is 0 Å². The molecule has 0 saturated heterocycles. The normalized spacial score (nSPS) is 12.3. The highest BCUT2D eigenvalue weighted by Gasteiger charge is 2.05. The third-order valence-electron chi connectivity index (χ3n) is 3.97. The second kappa shape index (κ2) is 15.0. The van der Waals surface area contributed by atoms with Gasteiger partial charge in [-0.3, -0.25) is 0 Å². The van der Waals surface area contributed by atoms with Gasteiger partial charge in [0.05, 0.1) is 6.61 Å². The lowest BCUT2D eigenvalue weighted by molar-refractivity contribution is -0.139. The van der Waals surface area contributed by atoms with Gasteiger partial charge in [-0.1, -0.05) is 76.9 Å². The SMILES string of the molecule is CCCCCCCCCCCCOC(=O)C(C)=CC=C(C)C(=O)O. The maximum absolute atomic E-state index is 11.7. The van der Waals surface area contributed by atoms with Crippen LogP contribution >= 0.6 is 0 Å². The summed E-state index contributed by atoms with van der Waals surface area (Å²) in [6.45, 7) is 5.79. The van der Waals surface area contributed by atoms with Crippen LogP contribution in [0.2, 0.25) is 0 Å². The van der Waals surface area contributed by atoms with Crippen molar-refractivity contribution in [3.63, 3.8) is 0 Å². The van der Waals surface area contributed by atoms with Gasteiger partial charge in [0.15, 0.2) is 0 Å². The van der Waals surface area contributed by atoms with E-state index in [-0.39, 0.29) is 11.5 Å². The fourth-order valence-corrected chi connectivity index (χ4v) is 2.26. The molecule has 138 valence electrons. The molecule has 0 aromatic rings. The average molecular weight is 338 g/mol. The van der Waals surface area contributed by atoms with Crippen molar-refractivity contribution in [2.24, 2.45) is 0 Å². The molecule has 0 atom stereocenters. The van der Waals surface area contributed by atoms with E-state index in [0.717, 1.165) is 12.8 Å². The molecule has 0 aliphatic carbocycles. The van der Waals surface area contributed by atoms with E-state index < -0.39 is 5.97 Å². The molecule has 0 aliphatic rings. The van der Waals surface area contributed by atoms with Gasteiger partial charge in [0.2, 0.25) is 0 Å². The van der Waals surface area contributed by atoms with Crippen LogP contribution < -0.4 is 0 Å². The number of hydrogen-bond donors (Lipinski definition) is 1. The first-order valence-electron chi connectivity index (χ1n) is 9.24. The van der Waals surface area contributed by atoms with Crippen molar-refractivity contribution >= 4 is 11.9 Å². The Hall–Kier alpha value is -1.58. The van der Waals surface area contributed by atoms with Crippen LogP contribution in [0.5, 0.6) is 0 Å². The Balaban J connectivity index is 3.63. The van der Waals surface area contributed by atoms with Gasteiger partial charge in [-0.2, -0.15) is 0 Å². The largest absolute Gasteiger partial charge is 0.478 e. The maximum Gasteiger partial charge on any atom is 0.333 e. The number of unbranched alkanes of at least 4 members (excludes halogenated alkanes) is 9. The summed E-state index contributed by atoms with van der Waals surface area (Å²) in [5, 5.41) is 8.74. The highest BCUT2D eigenvalue weighted by atomic mass is 16.5. The molecule has 0 aromatic heterocycles. The lowest BCUT2D eigenvalue weighted by Gasteiger charge is -2.05. The predicted molar refractivity (Wildman–Crippen MR) is 98.0 cm³/mol. The summed E-state index contributed by atoms with van der Waals surface area (Å²) in [6.07, 6.45) is 15.3. The minimum absolute atomic E-state index is 0.192. The molecule has 0 amide bonds. The van der Waals surface area contributed by atoms with Gasteiger partial charge >= 0.3 is 11.9 Å². The summed E-state index contributed by atoms with van der Waals surface area (Å²) in [5.41, 5.74) is 0.611. The van der Waals surface area contributed by atoms with Crippen LogP contribution in [0.3, 0.4) is 0 Å². The molecule has 0 unspecified atom stereocenters. The van der Waals surface area contributed by atoms with Gasteiger partial charge in [0, 0.05) is 11.1 Å². The Kier molecular flexibility index (Phi) is 14.0. The number of carboxylic acids is 1. The van der Waals surface area contributed by atoms with Crippen molar-refractivity contribution < 1.29 is 19.4 Å². The number of carbonyl (C=O) groups excluding carboxylic acids is 1. The second-order valence-corrected chi connectivity index (χ2v) is 6.32. The second-order valence-electron chi connectivity index (χ2n) is 6.32. The molecule has 0 aromatic carbocycles. The molecule has 0 rings (SSSR count). The van der Waals surface area contributed by atoms with E-state index in [1.54, 1.807) is 6.92 Å². The van der Waals surface area contributed by atoms with Crippen molar-refractivity contribution in [2.75, 3.05) is 6.61 Å². The van der Waals surface area contributed by atoms with Crippen LogP contribution in [0.15, 0.2) is 23.3 Å². The molecule has 1 N–H and O–H groups in total. The number of rotatable bonds is 14. The van der Waals surface area contributed by atoms with E-state index in [0.29, 0.717) is 12.2 Å². The Morgan fingerprint density at radius 3 is 1.75 bits per heavy atom. The highest BCUT2D eigenvalue weighted by Crippen LogP contribution is 2.10. The van der Waals surface area contributed by atoms with Gasteiger partial charge in [-0.15, -0.1) is 0 Å². The fraction of sp³-hybridized carbons (Fsp3) is 0.700. The van der Waals surface area contributed by atoms with Crippen LogP contribution in [-0.4, -0.2) is 23.7 Å². The summed E-state index contributed by atoms with van der Waals surface area (Å²) in [6, 6.07) is 0. The smallest absolute Gasteiger partial charge is 0.333 e. The number of aliphatic carboxylic acids is 1. The zero-order chi connectivity index (χ0) is 18.2. The lowest BCUT2D eigenvalue weighted by atomic mass is 10.1. The fourth-order valence-electron chi connectivity index (χ4n) is 2.26. The van der Waals surface area contributed by atoms with E-state index in [4.69, 9.17) is 9.84 Å². The minimum Gasteiger partial charge on any atom is -0.478 e. The molecule has 0 fully saturated rings. The molecule has 0 heterocycles. The van der Waals surface area contributed by atoms with E-state index in [1.165, 1.54) is 70.4 Å². The number of carboxylic acid groups (broad SMARTS) is 1. The van der Waals surface area contributed by atoms with Gasteiger partial charge < -0.3 is 9.84 Å². The number of carbonyl (C=O) groups is 2. The van der Waals surface area contributed by atoms with E-state index >= 15 is 0 Å². The van der Waals surface area contributed by atoms with Crippen molar-refractivity contribution in [1.82, 2.24) is 0 Å². The molecule has 0 radical (unpaired) electrons. The number of hydrogen-bond acceptors (Lipinski definition) is 3. The predicted octanol–water partition coefficient (Wildman–Crippen LogP) is 5.43. The summed E-state index contributed by atoms with van der Waals surface area (Å²) in [4.78, 5) is 22.4. The molecular formula is C20H34O4. The molecule has 24 heavy (non-hydrogen) atoms. The Morgan fingerprint density at radius 1 is 0.792 bits per heavy atom. The minimum atomic E-state index is -0.988. The monoisotopic (exact) mass is 338 g/mol. The number of ether oxygens (including phenoxy) is 1. The molecule has 4 nitrogen and oxygen atoms in total. The van der Waals surface area contributed by atoms with Gasteiger partial charge in [0.25, 0.3) is 0 Å². The lowest BCUT2D eigenvalue weighted by Crippen LogP contribution is -2.07. The molecule has 0 saturated carbocycles. The zero-order valence-electron chi connectivity index (χ0n) is 15.6. The van der Waals surface area contributed by atoms with E-state index in [9.17, 15) is 9.59 Å². The van der Waals surface area contributed by atoms with Crippen molar-refractivity contribution in [3.8, 4) is 0 Å². The molecule has 0 aliphatic heterocycles.